The zero-order valence-electron chi connectivity index (χ0n) is 6.60. The Labute approximate surface area is 70.0 Å². The first-order valence-corrected chi connectivity index (χ1v) is 3.77. The van der Waals surface area contributed by atoms with Crippen LogP contribution in [0.15, 0.2) is 6.20 Å². The fraction of sp³-hybridized carbons (Fsp3) is 0.571. The van der Waals surface area contributed by atoms with Crippen LogP contribution in [0.2, 0.25) is 0 Å². The van der Waals surface area contributed by atoms with Gasteiger partial charge >= 0.3 is 5.97 Å². The smallest absolute Gasteiger partial charge is 0.303 e. The maximum atomic E-state index is 10.1. The lowest BCUT2D eigenvalue weighted by Crippen LogP contribution is -2.00. The Morgan fingerprint density at radius 1 is 1.58 bits per heavy atom. The molecular formula is C7H10N3O2. The number of carboxylic acids is 1. The number of unbranched alkanes of at least 4 members (excludes halogenated alkanes) is 1. The molecule has 0 aliphatic carbocycles. The van der Waals surface area contributed by atoms with E-state index in [2.05, 4.69) is 16.5 Å². The van der Waals surface area contributed by atoms with Crippen molar-refractivity contribution in [2.75, 3.05) is 0 Å². The molecule has 0 saturated heterocycles. The van der Waals surface area contributed by atoms with Gasteiger partial charge in [0.1, 0.15) is 6.20 Å². The van der Waals surface area contributed by atoms with E-state index in [1.807, 2.05) is 0 Å². The van der Waals surface area contributed by atoms with Crippen molar-refractivity contribution >= 4 is 5.97 Å². The number of carbonyl (C=O) groups is 1. The normalized spacial score (nSPS) is 10.0. The van der Waals surface area contributed by atoms with Crippen molar-refractivity contribution in [1.29, 1.82) is 0 Å². The second-order valence-electron chi connectivity index (χ2n) is 2.46. The highest BCUT2D eigenvalue weighted by atomic mass is 16.4. The maximum Gasteiger partial charge on any atom is 0.303 e. The summed E-state index contributed by atoms with van der Waals surface area (Å²) < 4.78 is 1.64. The van der Waals surface area contributed by atoms with Crippen LogP contribution in [-0.2, 0) is 11.3 Å². The SMILES string of the molecule is O=C(O)CCCCn1c[c]nn1. The standard InChI is InChI=1S/C7H10N3O2/c11-7(12)3-1-2-5-10-6-4-8-9-10/h6H,1-3,5H2,(H,11,12). The van der Waals surface area contributed by atoms with Gasteiger partial charge in [-0.15, -0.1) is 5.10 Å². The monoisotopic (exact) mass is 168 g/mol. The van der Waals surface area contributed by atoms with Gasteiger partial charge in [0.05, 0.1) is 6.20 Å². The second kappa shape index (κ2) is 4.48. The lowest BCUT2D eigenvalue weighted by atomic mass is 10.2. The Kier molecular flexibility index (Phi) is 3.25. The van der Waals surface area contributed by atoms with Crippen molar-refractivity contribution < 1.29 is 9.90 Å². The van der Waals surface area contributed by atoms with E-state index in [-0.39, 0.29) is 6.42 Å². The van der Waals surface area contributed by atoms with E-state index >= 15 is 0 Å². The zero-order valence-corrected chi connectivity index (χ0v) is 6.60. The van der Waals surface area contributed by atoms with Gasteiger partial charge in [0, 0.05) is 13.0 Å². The van der Waals surface area contributed by atoms with Crippen LogP contribution in [0.5, 0.6) is 0 Å². The average Bonchev–Trinajstić information content (AvgIpc) is 2.49. The summed E-state index contributed by atoms with van der Waals surface area (Å²) in [5.74, 6) is -0.750. The lowest BCUT2D eigenvalue weighted by Gasteiger charge is -1.97. The highest BCUT2D eigenvalue weighted by Crippen LogP contribution is 1.97. The number of carboxylic acid groups (broad SMARTS) is 1. The molecule has 0 amide bonds. The molecule has 5 heteroatoms. The lowest BCUT2D eigenvalue weighted by molar-refractivity contribution is -0.137. The molecule has 1 radical (unpaired) electrons. The van der Waals surface area contributed by atoms with Crippen molar-refractivity contribution in [1.82, 2.24) is 15.0 Å². The van der Waals surface area contributed by atoms with Gasteiger partial charge in [-0.05, 0) is 12.8 Å². The van der Waals surface area contributed by atoms with Crippen molar-refractivity contribution in [3.63, 3.8) is 0 Å². The summed E-state index contributed by atoms with van der Waals surface area (Å²) in [6, 6.07) is 0. The summed E-state index contributed by atoms with van der Waals surface area (Å²) in [7, 11) is 0. The summed E-state index contributed by atoms with van der Waals surface area (Å²) in [6.45, 7) is 0.712. The minimum absolute atomic E-state index is 0.221. The Balaban J connectivity index is 2.07. The molecular weight excluding hydrogens is 158 g/mol. The quantitative estimate of drug-likeness (QED) is 0.643. The van der Waals surface area contributed by atoms with Crippen LogP contribution in [0, 0.1) is 6.20 Å². The van der Waals surface area contributed by atoms with Crippen LogP contribution >= 0.6 is 0 Å². The third kappa shape index (κ3) is 3.14. The number of aryl methyl sites for hydroxylation is 1. The summed E-state index contributed by atoms with van der Waals surface area (Å²) in [5.41, 5.74) is 0. The van der Waals surface area contributed by atoms with E-state index in [1.165, 1.54) is 0 Å². The van der Waals surface area contributed by atoms with E-state index in [4.69, 9.17) is 5.11 Å². The Bertz CT molecular complexity index is 233. The Morgan fingerprint density at radius 2 is 2.42 bits per heavy atom. The van der Waals surface area contributed by atoms with E-state index in [0.29, 0.717) is 13.0 Å². The van der Waals surface area contributed by atoms with Crippen LogP contribution in [0.25, 0.3) is 0 Å². The molecule has 5 nitrogen and oxygen atoms in total. The summed E-state index contributed by atoms with van der Waals surface area (Å²) in [5, 5.41) is 15.5. The van der Waals surface area contributed by atoms with Gasteiger partial charge in [0.15, 0.2) is 0 Å². The van der Waals surface area contributed by atoms with Crippen LogP contribution in [0.1, 0.15) is 19.3 Å². The minimum atomic E-state index is -0.750. The molecule has 0 atom stereocenters. The van der Waals surface area contributed by atoms with E-state index in [9.17, 15) is 4.79 Å². The topological polar surface area (TPSA) is 68.0 Å². The molecule has 0 unspecified atom stereocenters. The van der Waals surface area contributed by atoms with Crippen LogP contribution in [-0.4, -0.2) is 26.1 Å². The highest BCUT2D eigenvalue weighted by molar-refractivity contribution is 5.66. The fourth-order valence-electron chi connectivity index (χ4n) is 0.861. The zero-order chi connectivity index (χ0) is 8.81. The number of aromatic nitrogens is 3. The predicted octanol–water partition coefficient (Wildman–Crippen LogP) is 0.333. The maximum absolute atomic E-state index is 10.1. The van der Waals surface area contributed by atoms with Crippen LogP contribution in [0.4, 0.5) is 0 Å². The molecule has 1 heterocycles. The number of aliphatic carboxylic acids is 1. The first kappa shape index (κ1) is 8.70. The van der Waals surface area contributed by atoms with Gasteiger partial charge in [0.25, 0.3) is 0 Å². The van der Waals surface area contributed by atoms with E-state index in [0.717, 1.165) is 6.42 Å². The Hall–Kier alpha value is -1.39. The van der Waals surface area contributed by atoms with Gasteiger partial charge in [-0.25, -0.2) is 0 Å². The molecule has 1 N–H and O–H groups in total. The molecule has 0 aromatic carbocycles. The molecule has 0 saturated carbocycles. The summed E-state index contributed by atoms with van der Waals surface area (Å²) >= 11 is 0. The van der Waals surface area contributed by atoms with Gasteiger partial charge in [-0.1, -0.05) is 5.21 Å². The van der Waals surface area contributed by atoms with Crippen LogP contribution in [0.3, 0.4) is 0 Å². The van der Waals surface area contributed by atoms with Crippen molar-refractivity contribution in [2.45, 2.75) is 25.8 Å². The third-order valence-electron chi connectivity index (χ3n) is 1.45. The third-order valence-corrected chi connectivity index (χ3v) is 1.45. The van der Waals surface area contributed by atoms with Gasteiger partial charge in [-0.3, -0.25) is 9.48 Å². The second-order valence-corrected chi connectivity index (χ2v) is 2.46. The van der Waals surface area contributed by atoms with Gasteiger partial charge < -0.3 is 5.11 Å². The highest BCUT2D eigenvalue weighted by Gasteiger charge is 1.96. The van der Waals surface area contributed by atoms with Crippen molar-refractivity contribution in [2.24, 2.45) is 0 Å². The first-order valence-electron chi connectivity index (χ1n) is 3.77. The minimum Gasteiger partial charge on any atom is -0.481 e. The molecule has 1 aromatic rings. The molecule has 0 spiro atoms. The summed E-state index contributed by atoms with van der Waals surface area (Å²) in [4.78, 5) is 10.1. The number of hydrogen-bond acceptors (Lipinski definition) is 3. The van der Waals surface area contributed by atoms with Crippen molar-refractivity contribution in [3.8, 4) is 0 Å². The number of nitrogens with zero attached hydrogens (tertiary/aromatic N) is 3. The number of hydrogen-bond donors (Lipinski definition) is 1. The van der Waals surface area contributed by atoms with E-state index in [1.54, 1.807) is 10.9 Å². The van der Waals surface area contributed by atoms with Gasteiger partial charge in [-0.2, -0.15) is 0 Å². The fourth-order valence-corrected chi connectivity index (χ4v) is 0.861. The molecule has 1 rings (SSSR count). The average molecular weight is 168 g/mol. The first-order chi connectivity index (χ1) is 5.79. The molecule has 12 heavy (non-hydrogen) atoms. The largest absolute Gasteiger partial charge is 0.481 e. The molecule has 0 aliphatic rings. The van der Waals surface area contributed by atoms with Crippen LogP contribution < -0.4 is 0 Å². The Morgan fingerprint density at radius 3 is 3.00 bits per heavy atom. The predicted molar refractivity (Wildman–Crippen MR) is 40.3 cm³/mol. The number of rotatable bonds is 5. The van der Waals surface area contributed by atoms with Gasteiger partial charge in [0.2, 0.25) is 0 Å². The van der Waals surface area contributed by atoms with E-state index < -0.39 is 5.97 Å². The summed E-state index contributed by atoms with van der Waals surface area (Å²) in [6.07, 6.45) is 5.91. The molecule has 1 aromatic heterocycles. The van der Waals surface area contributed by atoms with Crippen molar-refractivity contribution in [3.05, 3.63) is 12.4 Å². The molecule has 0 fully saturated rings. The molecule has 0 aliphatic heterocycles. The molecule has 65 valence electrons. The molecule has 0 bridgehead atoms.